The molecule has 1 aromatic rings. The lowest BCUT2D eigenvalue weighted by atomic mass is 9.48. The molecule has 7 heteroatoms. The number of phenols is 1. The molecule has 0 unspecified atom stereocenters. The van der Waals surface area contributed by atoms with Crippen molar-refractivity contribution >= 4 is 5.97 Å². The molecule has 5 aliphatic rings. The average Bonchev–Trinajstić information content (AvgIpc) is 3.22. The van der Waals surface area contributed by atoms with Crippen LogP contribution in [0.25, 0.3) is 0 Å². The number of aromatic hydroxyl groups is 1. The van der Waals surface area contributed by atoms with E-state index in [1.54, 1.807) is 6.07 Å². The van der Waals surface area contributed by atoms with Crippen molar-refractivity contribution < 1.29 is 30.0 Å². The molecule has 0 aromatic heterocycles. The van der Waals surface area contributed by atoms with Gasteiger partial charge in [-0.05, 0) is 69.0 Å². The average molecular weight is 530 g/mol. The van der Waals surface area contributed by atoms with Gasteiger partial charge in [-0.1, -0.05) is 57.9 Å². The van der Waals surface area contributed by atoms with Crippen molar-refractivity contribution in [3.8, 4) is 11.5 Å². The highest BCUT2D eigenvalue weighted by atomic mass is 16.5. The van der Waals surface area contributed by atoms with Crippen LogP contribution < -0.4 is 4.74 Å². The number of carboxylic acid groups (broad SMARTS) is 1. The first-order valence-corrected chi connectivity index (χ1v) is 15.2. The number of ether oxygens (including phenoxy) is 1. The van der Waals surface area contributed by atoms with Gasteiger partial charge in [0.1, 0.15) is 6.10 Å². The molecule has 0 amide bonds. The second-order valence-corrected chi connectivity index (χ2v) is 12.5. The molecular weight excluding hydrogens is 482 g/mol. The molecule has 212 valence electrons. The molecule has 1 saturated heterocycles. The predicted octanol–water partition coefficient (Wildman–Crippen LogP) is 4.92. The van der Waals surface area contributed by atoms with Gasteiger partial charge in [0.2, 0.25) is 0 Å². The highest BCUT2D eigenvalue weighted by Gasteiger charge is 2.72. The Balaban J connectivity index is 0.000000210. The maximum atomic E-state index is 12.1. The third-order valence-electron chi connectivity index (χ3n) is 10.3. The smallest absolute Gasteiger partial charge is 0.303 e. The standard InChI is InChI=1S/C21H27NO4.C10H20O2/c23-14-5-4-13-10-16-21(25)7-6-15(24)19-20(21,17(13)18(14)26-19)8-9-22(16)11-12-2-1-3-12;1-2-3-4-5-6-7-8-9-10(11)12/h4-5,12,15-16,19,23-25H,1-3,6-11H2;2-9H2,1H3,(H,11,12)/t15-,16+,19-,20-,21+;/m0./s1. The van der Waals surface area contributed by atoms with E-state index in [1.807, 2.05) is 6.07 Å². The van der Waals surface area contributed by atoms with Gasteiger partial charge in [-0.15, -0.1) is 0 Å². The maximum absolute atomic E-state index is 12.1. The molecule has 1 spiro atoms. The van der Waals surface area contributed by atoms with Gasteiger partial charge in [-0.25, -0.2) is 0 Å². The van der Waals surface area contributed by atoms with Gasteiger partial charge in [0.25, 0.3) is 0 Å². The fraction of sp³-hybridized carbons (Fsp3) is 0.774. The van der Waals surface area contributed by atoms with Gasteiger partial charge in [-0.2, -0.15) is 0 Å². The molecule has 38 heavy (non-hydrogen) atoms. The predicted molar refractivity (Wildman–Crippen MR) is 146 cm³/mol. The number of aliphatic hydroxyl groups excluding tert-OH is 1. The Morgan fingerprint density at radius 3 is 2.50 bits per heavy atom. The Morgan fingerprint density at radius 1 is 1.08 bits per heavy atom. The van der Waals surface area contributed by atoms with Crippen molar-refractivity contribution in [1.29, 1.82) is 0 Å². The van der Waals surface area contributed by atoms with Crippen molar-refractivity contribution in [2.75, 3.05) is 13.1 Å². The molecule has 4 N–H and O–H groups in total. The summed E-state index contributed by atoms with van der Waals surface area (Å²) < 4.78 is 6.16. The number of rotatable bonds is 10. The lowest BCUT2D eigenvalue weighted by molar-refractivity contribution is -0.209. The Hall–Kier alpha value is -1.83. The molecule has 2 heterocycles. The van der Waals surface area contributed by atoms with E-state index in [2.05, 4.69) is 11.8 Å². The largest absolute Gasteiger partial charge is 0.504 e. The number of carbonyl (C=O) groups is 1. The highest BCUT2D eigenvalue weighted by molar-refractivity contribution is 5.66. The molecule has 3 fully saturated rings. The van der Waals surface area contributed by atoms with Crippen LogP contribution in [0.3, 0.4) is 0 Å². The number of hydrogen-bond acceptors (Lipinski definition) is 6. The summed E-state index contributed by atoms with van der Waals surface area (Å²) in [6, 6.07) is 3.80. The second kappa shape index (κ2) is 11.3. The van der Waals surface area contributed by atoms with Crippen LogP contribution in [-0.2, 0) is 16.6 Å². The number of phenolic OH excluding ortho intramolecular Hbond substituents is 1. The van der Waals surface area contributed by atoms with Crippen molar-refractivity contribution in [1.82, 2.24) is 4.90 Å². The number of unbranched alkanes of at least 4 members (excludes halogenated alkanes) is 6. The first kappa shape index (κ1) is 27.7. The summed E-state index contributed by atoms with van der Waals surface area (Å²) in [5, 5.41) is 41.5. The minimum absolute atomic E-state index is 0.0819. The van der Waals surface area contributed by atoms with Crippen molar-refractivity contribution in [2.45, 2.75) is 133 Å². The van der Waals surface area contributed by atoms with Crippen LogP contribution in [0.5, 0.6) is 11.5 Å². The van der Waals surface area contributed by atoms with Crippen LogP contribution in [0.4, 0.5) is 0 Å². The van der Waals surface area contributed by atoms with Gasteiger partial charge >= 0.3 is 5.97 Å². The van der Waals surface area contributed by atoms with E-state index in [1.165, 1.54) is 56.9 Å². The third-order valence-corrected chi connectivity index (χ3v) is 10.3. The quantitative estimate of drug-likeness (QED) is 0.319. The molecule has 6 rings (SSSR count). The molecule has 3 aliphatic carbocycles. The summed E-state index contributed by atoms with van der Waals surface area (Å²) in [6.07, 6.45) is 14.3. The molecule has 2 saturated carbocycles. The second-order valence-electron chi connectivity index (χ2n) is 12.5. The Bertz CT molecular complexity index is 995. The van der Waals surface area contributed by atoms with Crippen molar-refractivity contribution in [3.63, 3.8) is 0 Å². The maximum Gasteiger partial charge on any atom is 0.303 e. The zero-order valence-electron chi connectivity index (χ0n) is 23.0. The number of aliphatic carboxylic acids is 1. The summed E-state index contributed by atoms with van der Waals surface area (Å²) in [5.41, 5.74) is 0.712. The van der Waals surface area contributed by atoms with Gasteiger partial charge in [0.15, 0.2) is 11.5 Å². The van der Waals surface area contributed by atoms with Crippen molar-refractivity contribution in [3.05, 3.63) is 23.3 Å². The summed E-state index contributed by atoms with van der Waals surface area (Å²) in [5.74, 6) is 0.757. The van der Waals surface area contributed by atoms with Gasteiger partial charge in [-0.3, -0.25) is 9.69 Å². The molecular formula is C31H47NO6. The van der Waals surface area contributed by atoms with Gasteiger partial charge in [0.05, 0.1) is 17.1 Å². The summed E-state index contributed by atoms with van der Waals surface area (Å²) in [4.78, 5) is 12.7. The normalized spacial score (nSPS) is 33.0. The SMILES string of the molecule is CCCCCCCCCC(=O)O.Oc1ccc2c3c1O[C@H]1[C@@H](O)CC[C@@]4(O)[C@@H](C2)N(CC2CCC2)CC[C@]314. The van der Waals surface area contributed by atoms with E-state index in [9.17, 15) is 20.1 Å². The van der Waals surface area contributed by atoms with E-state index >= 15 is 0 Å². The zero-order valence-corrected chi connectivity index (χ0v) is 23.0. The number of benzene rings is 1. The molecule has 0 radical (unpaired) electrons. The number of nitrogens with zero attached hydrogens (tertiary/aromatic N) is 1. The lowest BCUT2D eigenvalue weighted by Crippen LogP contribution is -2.77. The Labute approximate surface area is 227 Å². The number of hydrogen-bond donors (Lipinski definition) is 4. The third kappa shape index (κ3) is 4.73. The van der Waals surface area contributed by atoms with E-state index in [4.69, 9.17) is 9.84 Å². The molecule has 7 nitrogen and oxygen atoms in total. The molecule has 1 aromatic carbocycles. The van der Waals surface area contributed by atoms with E-state index in [0.717, 1.165) is 50.3 Å². The number of likely N-dealkylation sites (tertiary alicyclic amines) is 1. The van der Waals surface area contributed by atoms with Crippen LogP contribution in [0.2, 0.25) is 0 Å². The number of aliphatic hydroxyl groups is 2. The molecule has 5 atom stereocenters. The Kier molecular flexibility index (Phi) is 8.28. The zero-order chi connectivity index (χ0) is 26.9. The fourth-order valence-corrected chi connectivity index (χ4v) is 8.06. The van der Waals surface area contributed by atoms with Gasteiger partial charge in [0, 0.05) is 24.6 Å². The lowest BCUT2D eigenvalue weighted by Gasteiger charge is -2.64. The van der Waals surface area contributed by atoms with E-state index in [-0.39, 0.29) is 11.8 Å². The summed E-state index contributed by atoms with van der Waals surface area (Å²) in [7, 11) is 0. The minimum atomic E-state index is -0.884. The fourth-order valence-electron chi connectivity index (χ4n) is 8.06. The van der Waals surface area contributed by atoms with E-state index < -0.39 is 29.2 Å². The Morgan fingerprint density at radius 2 is 1.82 bits per heavy atom. The summed E-state index contributed by atoms with van der Waals surface area (Å²) in [6.45, 7) is 4.21. The minimum Gasteiger partial charge on any atom is -0.504 e. The first-order chi connectivity index (χ1) is 18.3. The molecule has 2 bridgehead atoms. The van der Waals surface area contributed by atoms with Crippen molar-refractivity contribution in [2.24, 2.45) is 5.92 Å². The van der Waals surface area contributed by atoms with Gasteiger partial charge < -0.3 is 25.2 Å². The number of carboxylic acids is 1. The van der Waals surface area contributed by atoms with Crippen LogP contribution >= 0.6 is 0 Å². The van der Waals surface area contributed by atoms with Crippen LogP contribution in [0, 0.1) is 5.92 Å². The van der Waals surface area contributed by atoms with E-state index in [0.29, 0.717) is 25.0 Å². The monoisotopic (exact) mass is 529 g/mol. The van der Waals surface area contributed by atoms with Crippen LogP contribution in [-0.4, -0.2) is 68.2 Å². The molecule has 2 aliphatic heterocycles. The first-order valence-electron chi connectivity index (χ1n) is 15.2. The highest BCUT2D eigenvalue weighted by Crippen LogP contribution is 2.65. The topological polar surface area (TPSA) is 110 Å². The van der Waals surface area contributed by atoms with Crippen LogP contribution in [0.15, 0.2) is 12.1 Å². The van der Waals surface area contributed by atoms with Crippen LogP contribution in [0.1, 0.15) is 108 Å². The summed E-state index contributed by atoms with van der Waals surface area (Å²) >= 11 is 0. The number of piperidine rings is 1.